The quantitative estimate of drug-likeness (QED) is 0.526. The maximum Gasteiger partial charge on any atom is 0.291 e. The molecule has 1 heterocycles. The van der Waals surface area contributed by atoms with E-state index in [1.54, 1.807) is 19.1 Å². The number of hydrazone groups is 1. The Labute approximate surface area is 190 Å². The molecule has 0 fully saturated rings. The van der Waals surface area contributed by atoms with Crippen molar-refractivity contribution in [2.45, 2.75) is 33.1 Å². The highest BCUT2D eigenvalue weighted by molar-refractivity contribution is 6.10. The van der Waals surface area contributed by atoms with Crippen molar-refractivity contribution < 1.29 is 23.1 Å². The Bertz CT molecular complexity index is 1210. The molecule has 33 heavy (non-hydrogen) atoms. The Kier molecular flexibility index (Phi) is 6.53. The third-order valence-electron chi connectivity index (χ3n) is 5.37. The van der Waals surface area contributed by atoms with Crippen LogP contribution >= 0.6 is 0 Å². The topological polar surface area (TPSA) is 92.9 Å². The van der Waals surface area contributed by atoms with Crippen molar-refractivity contribution >= 4 is 23.2 Å². The van der Waals surface area contributed by atoms with E-state index in [4.69, 9.17) is 9.15 Å². The van der Waals surface area contributed by atoms with Gasteiger partial charge in [-0.05, 0) is 63.1 Å². The molecule has 0 aliphatic heterocycles. The van der Waals surface area contributed by atoms with Gasteiger partial charge in [0, 0.05) is 23.1 Å². The highest BCUT2D eigenvalue weighted by Crippen LogP contribution is 2.31. The minimum atomic E-state index is -0.443. The number of carbonyl (C=O) groups excluding carboxylic acids is 2. The molecule has 7 nitrogen and oxygen atoms in total. The summed E-state index contributed by atoms with van der Waals surface area (Å²) in [5, 5.41) is 7.15. The smallest absolute Gasteiger partial charge is 0.291 e. The second-order valence-corrected chi connectivity index (χ2v) is 7.60. The zero-order chi connectivity index (χ0) is 23.4. The van der Waals surface area contributed by atoms with Crippen molar-refractivity contribution in [1.29, 1.82) is 0 Å². The molecule has 4 rings (SSSR count). The lowest BCUT2D eigenvalue weighted by Crippen LogP contribution is -2.22. The number of amides is 2. The van der Waals surface area contributed by atoms with Crippen LogP contribution < -0.4 is 15.5 Å². The number of rotatable bonds is 6. The normalized spacial score (nSPS) is 14.0. The van der Waals surface area contributed by atoms with Crippen LogP contribution in [-0.2, 0) is 6.42 Å². The summed E-state index contributed by atoms with van der Waals surface area (Å²) in [6.07, 6.45) is 2.08. The van der Waals surface area contributed by atoms with Crippen LogP contribution in [0.3, 0.4) is 0 Å². The van der Waals surface area contributed by atoms with Crippen LogP contribution in [0, 0.1) is 12.7 Å². The summed E-state index contributed by atoms with van der Waals surface area (Å²) in [5.41, 5.74) is 5.42. The van der Waals surface area contributed by atoms with E-state index in [-0.39, 0.29) is 11.7 Å². The van der Waals surface area contributed by atoms with Gasteiger partial charge < -0.3 is 14.5 Å². The molecule has 1 aliphatic carbocycles. The monoisotopic (exact) mass is 449 g/mol. The zero-order valence-corrected chi connectivity index (χ0v) is 18.4. The van der Waals surface area contributed by atoms with Crippen molar-refractivity contribution in [3.63, 3.8) is 0 Å². The number of nitrogens with one attached hydrogen (secondary N) is 2. The van der Waals surface area contributed by atoms with E-state index in [0.717, 1.165) is 12.0 Å². The molecule has 0 radical (unpaired) electrons. The van der Waals surface area contributed by atoms with Gasteiger partial charge in [-0.3, -0.25) is 9.59 Å². The van der Waals surface area contributed by atoms with Crippen molar-refractivity contribution in [2.75, 3.05) is 11.9 Å². The summed E-state index contributed by atoms with van der Waals surface area (Å²) in [7, 11) is 0. The van der Waals surface area contributed by atoms with Crippen LogP contribution in [0.15, 0.2) is 58.0 Å². The number of furan rings is 1. The molecular weight excluding hydrogens is 425 g/mol. The van der Waals surface area contributed by atoms with Gasteiger partial charge in [0.1, 0.15) is 17.3 Å². The Morgan fingerprint density at radius 2 is 1.85 bits per heavy atom. The molecule has 0 saturated carbocycles. The van der Waals surface area contributed by atoms with Crippen molar-refractivity contribution in [1.82, 2.24) is 5.43 Å². The molecule has 0 atom stereocenters. The van der Waals surface area contributed by atoms with Gasteiger partial charge in [0.2, 0.25) is 0 Å². The number of ether oxygens (including phenoxy) is 1. The first kappa shape index (κ1) is 22.3. The SMILES string of the molecule is CCOc1ccccc1NC(=O)c1oc2c(c1C)/C(=N/NC(=O)c1ccc(F)cc1)CCC2. The fourth-order valence-corrected chi connectivity index (χ4v) is 3.81. The van der Waals surface area contributed by atoms with Gasteiger partial charge in [-0.2, -0.15) is 5.10 Å². The van der Waals surface area contributed by atoms with E-state index in [1.807, 2.05) is 19.1 Å². The Morgan fingerprint density at radius 3 is 2.61 bits per heavy atom. The van der Waals surface area contributed by atoms with Gasteiger partial charge in [-0.25, -0.2) is 9.82 Å². The minimum absolute atomic E-state index is 0.200. The number of hydrogen-bond acceptors (Lipinski definition) is 5. The predicted molar refractivity (Wildman–Crippen MR) is 122 cm³/mol. The predicted octanol–water partition coefficient (Wildman–Crippen LogP) is 4.85. The van der Waals surface area contributed by atoms with E-state index in [2.05, 4.69) is 15.8 Å². The second kappa shape index (κ2) is 9.68. The number of benzene rings is 2. The van der Waals surface area contributed by atoms with Crippen molar-refractivity contribution in [3.05, 3.63) is 82.6 Å². The van der Waals surface area contributed by atoms with Crippen LogP contribution in [-0.4, -0.2) is 24.1 Å². The molecule has 0 saturated heterocycles. The van der Waals surface area contributed by atoms with E-state index < -0.39 is 11.7 Å². The fourth-order valence-electron chi connectivity index (χ4n) is 3.81. The number of anilines is 1. The van der Waals surface area contributed by atoms with E-state index >= 15 is 0 Å². The summed E-state index contributed by atoms with van der Waals surface area (Å²) in [6.45, 7) is 4.15. The molecule has 2 N–H and O–H groups in total. The highest BCUT2D eigenvalue weighted by atomic mass is 19.1. The Hall–Kier alpha value is -3.94. The largest absolute Gasteiger partial charge is 0.492 e. The summed E-state index contributed by atoms with van der Waals surface area (Å²) in [6, 6.07) is 12.4. The molecule has 170 valence electrons. The minimum Gasteiger partial charge on any atom is -0.492 e. The van der Waals surface area contributed by atoms with Crippen LogP contribution in [0.2, 0.25) is 0 Å². The van der Waals surface area contributed by atoms with Gasteiger partial charge in [0.25, 0.3) is 11.8 Å². The number of carbonyl (C=O) groups is 2. The molecule has 0 spiro atoms. The molecule has 2 aromatic carbocycles. The number of para-hydroxylation sites is 2. The standard InChI is InChI=1S/C25H24FN3O4/c1-3-32-20-9-5-4-7-18(20)27-25(31)23-15(2)22-19(8-6-10-21(22)33-23)28-29-24(30)16-11-13-17(26)14-12-16/h4-5,7,9,11-14H,3,6,8,10H2,1-2H3,(H,27,31)(H,29,30)/b28-19+. The third kappa shape index (κ3) is 4.79. The zero-order valence-electron chi connectivity index (χ0n) is 18.4. The molecule has 8 heteroatoms. The Balaban J connectivity index is 1.56. The van der Waals surface area contributed by atoms with Gasteiger partial charge >= 0.3 is 0 Å². The van der Waals surface area contributed by atoms with Crippen LogP contribution in [0.1, 0.15) is 57.6 Å². The van der Waals surface area contributed by atoms with E-state index in [1.165, 1.54) is 24.3 Å². The number of aryl methyl sites for hydroxylation is 1. The van der Waals surface area contributed by atoms with Crippen LogP contribution in [0.5, 0.6) is 5.75 Å². The molecule has 1 aromatic heterocycles. The maximum atomic E-state index is 13.1. The van der Waals surface area contributed by atoms with Gasteiger partial charge in [-0.1, -0.05) is 12.1 Å². The van der Waals surface area contributed by atoms with Gasteiger partial charge in [0.15, 0.2) is 5.76 Å². The molecule has 3 aromatic rings. The average molecular weight is 449 g/mol. The lowest BCUT2D eigenvalue weighted by Gasteiger charge is -2.13. The first-order valence-electron chi connectivity index (χ1n) is 10.8. The molecule has 0 unspecified atom stereocenters. The van der Waals surface area contributed by atoms with Crippen LogP contribution in [0.25, 0.3) is 0 Å². The summed E-state index contributed by atoms with van der Waals surface area (Å²) in [5.74, 6) is 0.194. The van der Waals surface area contributed by atoms with Crippen molar-refractivity contribution in [3.8, 4) is 5.75 Å². The van der Waals surface area contributed by atoms with Crippen LogP contribution in [0.4, 0.5) is 10.1 Å². The second-order valence-electron chi connectivity index (χ2n) is 7.60. The highest BCUT2D eigenvalue weighted by Gasteiger charge is 2.28. The third-order valence-corrected chi connectivity index (χ3v) is 5.37. The average Bonchev–Trinajstić information content (AvgIpc) is 3.16. The molecule has 2 amide bonds. The lowest BCUT2D eigenvalue weighted by atomic mass is 9.93. The van der Waals surface area contributed by atoms with Crippen molar-refractivity contribution in [2.24, 2.45) is 5.10 Å². The number of nitrogens with zero attached hydrogens (tertiary/aromatic N) is 1. The fraction of sp³-hybridized carbons (Fsp3) is 0.240. The molecule has 0 bridgehead atoms. The van der Waals surface area contributed by atoms with E-state index in [0.29, 0.717) is 53.5 Å². The Morgan fingerprint density at radius 1 is 1.09 bits per heavy atom. The number of hydrogen-bond donors (Lipinski definition) is 2. The molecule has 1 aliphatic rings. The number of halogens is 1. The van der Waals surface area contributed by atoms with Gasteiger partial charge in [-0.15, -0.1) is 0 Å². The first-order valence-corrected chi connectivity index (χ1v) is 10.8. The maximum absolute atomic E-state index is 13.1. The lowest BCUT2D eigenvalue weighted by molar-refractivity contribution is 0.0953. The number of fused-ring (bicyclic) bond motifs is 1. The summed E-state index contributed by atoms with van der Waals surface area (Å²) >= 11 is 0. The van der Waals surface area contributed by atoms with Gasteiger partial charge in [0.05, 0.1) is 18.0 Å². The summed E-state index contributed by atoms with van der Waals surface area (Å²) in [4.78, 5) is 25.4. The summed E-state index contributed by atoms with van der Waals surface area (Å²) < 4.78 is 24.6. The van der Waals surface area contributed by atoms with E-state index in [9.17, 15) is 14.0 Å². The molecular formula is C25H24FN3O4. The first-order chi connectivity index (χ1) is 16.0.